The van der Waals surface area contributed by atoms with E-state index in [2.05, 4.69) is 30.4 Å². The Balaban J connectivity index is 0.000000262. The summed E-state index contributed by atoms with van der Waals surface area (Å²) in [6, 6.07) is 17.6. The Labute approximate surface area is 126 Å². The van der Waals surface area contributed by atoms with E-state index in [4.69, 9.17) is 5.14 Å². The Kier molecular flexibility index (Phi) is 6.81. The van der Waals surface area contributed by atoms with Crippen molar-refractivity contribution in [2.24, 2.45) is 5.14 Å². The van der Waals surface area contributed by atoms with Gasteiger partial charge in [0.1, 0.15) is 0 Å². The molecule has 0 aromatic heterocycles. The van der Waals surface area contributed by atoms with Gasteiger partial charge >= 0.3 is 0 Å². The van der Waals surface area contributed by atoms with Crippen molar-refractivity contribution < 1.29 is 8.42 Å². The fourth-order valence-corrected chi connectivity index (χ4v) is 1.96. The minimum Gasteiger partial charge on any atom is -0.216 e. The predicted octanol–water partition coefficient (Wildman–Crippen LogP) is 2.62. The molecule has 21 heavy (non-hydrogen) atoms. The lowest BCUT2D eigenvalue weighted by atomic mass is 10.1. The Bertz CT molecular complexity index is 668. The van der Waals surface area contributed by atoms with Crippen LogP contribution in [-0.2, 0) is 16.8 Å². The molecule has 0 amide bonds. The van der Waals surface area contributed by atoms with Crippen LogP contribution >= 0.6 is 0 Å². The molecule has 0 unspecified atom stereocenters. The first-order valence-corrected chi connectivity index (χ1v) is 7.96. The Morgan fingerprint density at radius 3 is 2.14 bits per heavy atom. The Morgan fingerprint density at radius 1 is 1.10 bits per heavy atom. The number of hydrogen-bond donors (Lipinski definition) is 2. The molecule has 112 valence electrons. The fraction of sp³-hybridized carbons (Fsp3) is 0.125. The summed E-state index contributed by atoms with van der Waals surface area (Å²) in [6.45, 7) is 5.89. The highest BCUT2D eigenvalue weighted by atomic mass is 32.2. The maximum atomic E-state index is 10.6. The molecule has 0 saturated carbocycles. The maximum Gasteiger partial charge on any atom is 0.274 e. The van der Waals surface area contributed by atoms with Gasteiger partial charge in [-0.3, -0.25) is 0 Å². The summed E-state index contributed by atoms with van der Waals surface area (Å²) in [5.74, 6) is 0. The molecule has 2 rings (SSSR count). The zero-order chi connectivity index (χ0) is 15.7. The molecule has 0 spiro atoms. The lowest BCUT2D eigenvalue weighted by molar-refractivity contribution is 0.583. The lowest BCUT2D eigenvalue weighted by Crippen LogP contribution is -2.30. The Hall–Kier alpha value is -1.95. The van der Waals surface area contributed by atoms with Crippen molar-refractivity contribution in [3.63, 3.8) is 0 Å². The van der Waals surface area contributed by atoms with Crippen LogP contribution in [-0.4, -0.2) is 8.42 Å². The van der Waals surface area contributed by atoms with Crippen molar-refractivity contribution in [1.82, 2.24) is 4.72 Å². The van der Waals surface area contributed by atoms with Gasteiger partial charge in [0.25, 0.3) is 10.2 Å². The largest absolute Gasteiger partial charge is 0.274 e. The van der Waals surface area contributed by atoms with Gasteiger partial charge in [0, 0.05) is 6.54 Å². The van der Waals surface area contributed by atoms with Crippen LogP contribution in [0.5, 0.6) is 0 Å². The van der Waals surface area contributed by atoms with Crippen LogP contribution in [0.2, 0.25) is 0 Å². The quantitative estimate of drug-likeness (QED) is 0.911. The summed E-state index contributed by atoms with van der Waals surface area (Å²) >= 11 is 0. The average Bonchev–Trinajstić information content (AvgIpc) is 2.46. The first-order valence-electron chi connectivity index (χ1n) is 6.42. The van der Waals surface area contributed by atoms with Crippen LogP contribution in [0.15, 0.2) is 61.2 Å². The van der Waals surface area contributed by atoms with Crippen LogP contribution < -0.4 is 9.86 Å². The van der Waals surface area contributed by atoms with Crippen molar-refractivity contribution in [1.29, 1.82) is 0 Å². The van der Waals surface area contributed by atoms with E-state index in [-0.39, 0.29) is 6.54 Å². The van der Waals surface area contributed by atoms with Gasteiger partial charge in [-0.2, -0.15) is 13.1 Å². The fourth-order valence-electron chi connectivity index (χ4n) is 1.61. The third-order valence-electron chi connectivity index (χ3n) is 2.68. The lowest BCUT2D eigenvalue weighted by Gasteiger charge is -2.05. The summed E-state index contributed by atoms with van der Waals surface area (Å²) in [7, 11) is -3.63. The number of aryl methyl sites for hydroxylation is 1. The molecule has 0 bridgehead atoms. The molecular weight excluding hydrogens is 284 g/mol. The van der Waals surface area contributed by atoms with Gasteiger partial charge in [-0.05, 0) is 18.1 Å². The number of rotatable bonds is 4. The van der Waals surface area contributed by atoms with Gasteiger partial charge in [-0.15, -0.1) is 0 Å². The molecule has 0 radical (unpaired) electrons. The second-order valence-electron chi connectivity index (χ2n) is 4.42. The first kappa shape index (κ1) is 17.1. The second kappa shape index (κ2) is 8.36. The van der Waals surface area contributed by atoms with Crippen molar-refractivity contribution >= 4 is 16.3 Å². The summed E-state index contributed by atoms with van der Waals surface area (Å²) in [6.07, 6.45) is 1.67. The zero-order valence-corrected chi connectivity index (χ0v) is 12.8. The molecule has 0 aliphatic carbocycles. The van der Waals surface area contributed by atoms with Gasteiger partial charge in [-0.25, -0.2) is 5.14 Å². The number of hydrogen-bond acceptors (Lipinski definition) is 2. The molecule has 5 heteroatoms. The van der Waals surface area contributed by atoms with Crippen LogP contribution in [0.1, 0.15) is 16.7 Å². The SMILES string of the molecule is C=Cc1ccccc1CNS(N)(=O)=O.Cc1ccccc1. The molecule has 2 aromatic carbocycles. The normalized spacial score (nSPS) is 10.4. The molecule has 0 saturated heterocycles. The van der Waals surface area contributed by atoms with Crippen molar-refractivity contribution in [2.75, 3.05) is 0 Å². The van der Waals surface area contributed by atoms with Crippen LogP contribution in [0, 0.1) is 6.92 Å². The molecule has 0 fully saturated rings. The number of nitrogens with two attached hydrogens (primary N) is 1. The second-order valence-corrected chi connectivity index (χ2v) is 5.80. The van der Waals surface area contributed by atoms with E-state index in [0.29, 0.717) is 0 Å². The van der Waals surface area contributed by atoms with E-state index >= 15 is 0 Å². The highest BCUT2D eigenvalue weighted by Gasteiger charge is 2.03. The minimum atomic E-state index is -3.63. The van der Waals surface area contributed by atoms with E-state index in [1.165, 1.54) is 5.56 Å². The van der Waals surface area contributed by atoms with Gasteiger partial charge < -0.3 is 0 Å². The topological polar surface area (TPSA) is 72.2 Å². The molecule has 2 aromatic rings. The van der Waals surface area contributed by atoms with E-state index in [1.807, 2.05) is 42.5 Å². The van der Waals surface area contributed by atoms with Crippen LogP contribution in [0.4, 0.5) is 0 Å². The van der Waals surface area contributed by atoms with E-state index in [1.54, 1.807) is 6.08 Å². The monoisotopic (exact) mass is 304 g/mol. The molecular formula is C16H20N2O2S. The molecule has 4 nitrogen and oxygen atoms in total. The van der Waals surface area contributed by atoms with E-state index < -0.39 is 10.2 Å². The molecule has 0 aliphatic heterocycles. The number of nitrogens with one attached hydrogen (secondary N) is 1. The predicted molar refractivity (Wildman–Crippen MR) is 87.7 cm³/mol. The van der Waals surface area contributed by atoms with Gasteiger partial charge in [-0.1, -0.05) is 72.8 Å². The van der Waals surface area contributed by atoms with Gasteiger partial charge in [0.05, 0.1) is 0 Å². The molecule has 0 atom stereocenters. The summed E-state index contributed by atoms with van der Waals surface area (Å²) in [5.41, 5.74) is 3.06. The van der Waals surface area contributed by atoms with Gasteiger partial charge in [0.15, 0.2) is 0 Å². The minimum absolute atomic E-state index is 0.182. The molecule has 0 heterocycles. The van der Waals surface area contributed by atoms with Crippen molar-refractivity contribution in [2.45, 2.75) is 13.5 Å². The number of benzene rings is 2. The average molecular weight is 304 g/mol. The molecule has 3 N–H and O–H groups in total. The van der Waals surface area contributed by atoms with Crippen molar-refractivity contribution in [3.8, 4) is 0 Å². The standard InChI is InChI=1S/C9H12N2O2S.C7H8/c1-2-8-5-3-4-6-9(8)7-11-14(10,12)13;1-7-5-3-2-4-6-7/h2-6,11H,1,7H2,(H2,10,12,13);2-6H,1H3. The highest BCUT2D eigenvalue weighted by molar-refractivity contribution is 7.87. The summed E-state index contributed by atoms with van der Waals surface area (Å²) < 4.78 is 23.5. The van der Waals surface area contributed by atoms with Crippen molar-refractivity contribution in [3.05, 3.63) is 77.9 Å². The van der Waals surface area contributed by atoms with E-state index in [0.717, 1.165) is 11.1 Å². The zero-order valence-electron chi connectivity index (χ0n) is 12.0. The third-order valence-corrected chi connectivity index (χ3v) is 3.23. The Morgan fingerprint density at radius 2 is 1.67 bits per heavy atom. The maximum absolute atomic E-state index is 10.6. The molecule has 0 aliphatic rings. The van der Waals surface area contributed by atoms with Crippen LogP contribution in [0.3, 0.4) is 0 Å². The first-order chi connectivity index (χ1) is 9.92. The third kappa shape index (κ3) is 7.41. The van der Waals surface area contributed by atoms with Crippen LogP contribution in [0.25, 0.3) is 6.08 Å². The summed E-state index contributed by atoms with van der Waals surface area (Å²) in [5, 5.41) is 4.81. The van der Waals surface area contributed by atoms with Gasteiger partial charge in [0.2, 0.25) is 0 Å². The highest BCUT2D eigenvalue weighted by Crippen LogP contribution is 2.09. The smallest absolute Gasteiger partial charge is 0.216 e. The summed E-state index contributed by atoms with van der Waals surface area (Å²) in [4.78, 5) is 0. The van der Waals surface area contributed by atoms with E-state index in [9.17, 15) is 8.42 Å².